The normalized spacial score (nSPS) is 12.7. The van der Waals surface area contributed by atoms with Crippen molar-refractivity contribution in [3.8, 4) is 11.5 Å². The molecule has 2 rings (SSSR count). The van der Waals surface area contributed by atoms with E-state index in [0.29, 0.717) is 17.3 Å². The first-order valence-corrected chi connectivity index (χ1v) is 5.95. The quantitative estimate of drug-likeness (QED) is 0.905. The lowest BCUT2D eigenvalue weighted by Gasteiger charge is -2.06. The van der Waals surface area contributed by atoms with Gasteiger partial charge in [0.1, 0.15) is 5.82 Å². The predicted molar refractivity (Wildman–Crippen MR) is 66.5 cm³/mol. The summed E-state index contributed by atoms with van der Waals surface area (Å²) < 4.78 is 18.8. The Bertz CT molecular complexity index is 539. The van der Waals surface area contributed by atoms with Crippen LogP contribution in [0.4, 0.5) is 4.39 Å². The molecule has 18 heavy (non-hydrogen) atoms. The Balaban J connectivity index is 2.32. The number of hydrogen-bond donors (Lipinski definition) is 1. The molecule has 2 aromatic rings. The fourth-order valence-corrected chi connectivity index (χ4v) is 1.74. The summed E-state index contributed by atoms with van der Waals surface area (Å²) in [6, 6.07) is 4.51. The molecular weight excluding hydrogens is 233 g/mol. The average molecular weight is 249 g/mol. The van der Waals surface area contributed by atoms with E-state index in [1.807, 2.05) is 20.8 Å². The van der Waals surface area contributed by atoms with Gasteiger partial charge in [-0.2, -0.15) is 0 Å². The molecule has 0 spiro atoms. The number of rotatable bonds is 4. The fourth-order valence-electron chi connectivity index (χ4n) is 1.74. The van der Waals surface area contributed by atoms with Gasteiger partial charge in [-0.1, -0.05) is 13.0 Å². The smallest absolute Gasteiger partial charge is 0.248 e. The van der Waals surface area contributed by atoms with E-state index in [1.54, 1.807) is 6.07 Å². The van der Waals surface area contributed by atoms with Gasteiger partial charge in [-0.15, -0.1) is 10.2 Å². The van der Waals surface area contributed by atoms with Crippen LogP contribution in [0.2, 0.25) is 0 Å². The van der Waals surface area contributed by atoms with Crippen molar-refractivity contribution in [3.63, 3.8) is 0 Å². The zero-order valence-corrected chi connectivity index (χ0v) is 10.7. The summed E-state index contributed by atoms with van der Waals surface area (Å²) in [5.74, 6) is 0.553. The molecule has 1 N–H and O–H groups in total. The van der Waals surface area contributed by atoms with E-state index >= 15 is 0 Å². The van der Waals surface area contributed by atoms with Crippen molar-refractivity contribution >= 4 is 0 Å². The summed E-state index contributed by atoms with van der Waals surface area (Å²) in [5, 5.41) is 11.1. The summed E-state index contributed by atoms with van der Waals surface area (Å²) in [6.07, 6.45) is 0. The third kappa shape index (κ3) is 2.56. The van der Waals surface area contributed by atoms with Gasteiger partial charge < -0.3 is 9.73 Å². The predicted octanol–water partition coefficient (Wildman–Crippen LogP) is 2.85. The minimum absolute atomic E-state index is 0.00915. The molecule has 1 aromatic carbocycles. The molecule has 0 radical (unpaired) electrons. The average Bonchev–Trinajstić information content (AvgIpc) is 2.82. The second-order valence-electron chi connectivity index (χ2n) is 4.18. The molecule has 1 heterocycles. The summed E-state index contributed by atoms with van der Waals surface area (Å²) in [4.78, 5) is 0. The van der Waals surface area contributed by atoms with Crippen LogP contribution in [-0.4, -0.2) is 16.7 Å². The van der Waals surface area contributed by atoms with Crippen LogP contribution in [0.1, 0.15) is 31.3 Å². The van der Waals surface area contributed by atoms with Crippen molar-refractivity contribution in [2.24, 2.45) is 0 Å². The molecule has 4 nitrogen and oxygen atoms in total. The Kier molecular flexibility index (Phi) is 3.72. The minimum atomic E-state index is -0.310. The summed E-state index contributed by atoms with van der Waals surface area (Å²) in [5.41, 5.74) is 1.54. The number of aryl methyl sites for hydroxylation is 1. The highest BCUT2D eigenvalue weighted by Crippen LogP contribution is 2.24. The Morgan fingerprint density at radius 2 is 2.17 bits per heavy atom. The largest absolute Gasteiger partial charge is 0.419 e. The molecule has 1 atom stereocenters. The van der Waals surface area contributed by atoms with Gasteiger partial charge in [-0.3, -0.25) is 0 Å². The summed E-state index contributed by atoms with van der Waals surface area (Å²) >= 11 is 0. The van der Waals surface area contributed by atoms with Crippen molar-refractivity contribution in [1.82, 2.24) is 15.5 Å². The zero-order valence-electron chi connectivity index (χ0n) is 10.7. The van der Waals surface area contributed by atoms with Crippen LogP contribution in [0.15, 0.2) is 22.6 Å². The number of hydrogen-bond acceptors (Lipinski definition) is 4. The van der Waals surface area contributed by atoms with E-state index in [2.05, 4.69) is 15.5 Å². The topological polar surface area (TPSA) is 51.0 Å². The maximum absolute atomic E-state index is 13.2. The van der Waals surface area contributed by atoms with Crippen LogP contribution in [0.5, 0.6) is 0 Å². The standard InChI is InChI=1S/C13H16FN3O/c1-4-15-9(3)12-16-17-13(18-12)11-7-10(14)6-5-8(11)2/h5-7,9,15H,4H2,1-3H3. The van der Waals surface area contributed by atoms with Crippen LogP contribution in [0.3, 0.4) is 0 Å². The monoisotopic (exact) mass is 249 g/mol. The van der Waals surface area contributed by atoms with Gasteiger partial charge in [-0.25, -0.2) is 4.39 Å². The molecule has 96 valence electrons. The van der Waals surface area contributed by atoms with E-state index in [4.69, 9.17) is 4.42 Å². The van der Waals surface area contributed by atoms with Gasteiger partial charge in [0.05, 0.1) is 6.04 Å². The first-order chi connectivity index (χ1) is 8.61. The van der Waals surface area contributed by atoms with Gasteiger partial charge in [0.25, 0.3) is 0 Å². The van der Waals surface area contributed by atoms with Crippen molar-refractivity contribution in [3.05, 3.63) is 35.5 Å². The molecule has 0 aliphatic carbocycles. The van der Waals surface area contributed by atoms with E-state index < -0.39 is 0 Å². The molecule has 0 saturated carbocycles. The molecule has 0 bridgehead atoms. The molecule has 0 saturated heterocycles. The lowest BCUT2D eigenvalue weighted by atomic mass is 10.1. The lowest BCUT2D eigenvalue weighted by Crippen LogP contribution is -2.17. The lowest BCUT2D eigenvalue weighted by molar-refractivity contribution is 0.428. The van der Waals surface area contributed by atoms with Gasteiger partial charge in [0.15, 0.2) is 0 Å². The van der Waals surface area contributed by atoms with Crippen molar-refractivity contribution in [2.75, 3.05) is 6.54 Å². The van der Waals surface area contributed by atoms with Crippen LogP contribution >= 0.6 is 0 Å². The van der Waals surface area contributed by atoms with E-state index in [-0.39, 0.29) is 11.9 Å². The van der Waals surface area contributed by atoms with Gasteiger partial charge in [0, 0.05) is 5.56 Å². The van der Waals surface area contributed by atoms with Crippen LogP contribution in [0.25, 0.3) is 11.5 Å². The molecule has 0 amide bonds. The Morgan fingerprint density at radius 3 is 2.89 bits per heavy atom. The van der Waals surface area contributed by atoms with Crippen molar-refractivity contribution < 1.29 is 8.81 Å². The molecule has 5 heteroatoms. The van der Waals surface area contributed by atoms with Crippen LogP contribution < -0.4 is 5.32 Å². The van der Waals surface area contributed by atoms with E-state index in [9.17, 15) is 4.39 Å². The Hall–Kier alpha value is -1.75. The maximum atomic E-state index is 13.2. The van der Waals surface area contributed by atoms with Crippen molar-refractivity contribution in [1.29, 1.82) is 0 Å². The van der Waals surface area contributed by atoms with Crippen LogP contribution in [0, 0.1) is 12.7 Å². The number of nitrogens with one attached hydrogen (secondary N) is 1. The number of halogens is 1. The molecule has 1 aromatic heterocycles. The van der Waals surface area contributed by atoms with E-state index in [1.165, 1.54) is 12.1 Å². The van der Waals surface area contributed by atoms with E-state index in [0.717, 1.165) is 12.1 Å². The first kappa shape index (κ1) is 12.7. The number of aromatic nitrogens is 2. The zero-order chi connectivity index (χ0) is 13.1. The third-order valence-electron chi connectivity index (χ3n) is 2.75. The Labute approximate surface area is 105 Å². The second kappa shape index (κ2) is 5.27. The maximum Gasteiger partial charge on any atom is 0.248 e. The van der Waals surface area contributed by atoms with Crippen molar-refractivity contribution in [2.45, 2.75) is 26.8 Å². The highest BCUT2D eigenvalue weighted by atomic mass is 19.1. The SMILES string of the molecule is CCNC(C)c1nnc(-c2cc(F)ccc2C)o1. The molecule has 0 aliphatic rings. The van der Waals surface area contributed by atoms with Crippen LogP contribution in [-0.2, 0) is 0 Å². The summed E-state index contributed by atoms with van der Waals surface area (Å²) in [7, 11) is 0. The molecular formula is C13H16FN3O. The fraction of sp³-hybridized carbons (Fsp3) is 0.385. The Morgan fingerprint density at radius 1 is 1.39 bits per heavy atom. The first-order valence-electron chi connectivity index (χ1n) is 5.95. The van der Waals surface area contributed by atoms with Gasteiger partial charge in [0.2, 0.25) is 11.8 Å². The molecule has 0 fully saturated rings. The minimum Gasteiger partial charge on any atom is -0.419 e. The van der Waals surface area contributed by atoms with Gasteiger partial charge in [-0.05, 0) is 38.1 Å². The summed E-state index contributed by atoms with van der Waals surface area (Å²) in [6.45, 7) is 6.65. The molecule has 0 aliphatic heterocycles. The third-order valence-corrected chi connectivity index (χ3v) is 2.75. The molecule has 1 unspecified atom stereocenters. The second-order valence-corrected chi connectivity index (χ2v) is 4.18. The van der Waals surface area contributed by atoms with Gasteiger partial charge >= 0.3 is 0 Å². The number of nitrogens with zero attached hydrogens (tertiary/aromatic N) is 2. The highest BCUT2D eigenvalue weighted by molar-refractivity contribution is 5.57. The highest BCUT2D eigenvalue weighted by Gasteiger charge is 2.15. The number of benzene rings is 1.